The number of aromatic nitrogens is 3. The lowest BCUT2D eigenvalue weighted by atomic mass is 10.2. The topological polar surface area (TPSA) is 87.5 Å². The minimum Gasteiger partial charge on any atom is -0.497 e. The number of hydrogen-bond donors (Lipinski definition) is 1. The van der Waals surface area contributed by atoms with E-state index >= 15 is 0 Å². The van der Waals surface area contributed by atoms with Gasteiger partial charge in [-0.1, -0.05) is 42.1 Å². The molecule has 0 saturated heterocycles. The summed E-state index contributed by atoms with van der Waals surface area (Å²) in [5, 5.41) is 12.1. The first-order valence-electron chi connectivity index (χ1n) is 10.4. The summed E-state index contributed by atoms with van der Waals surface area (Å²) >= 11 is 1.32. The molecule has 1 amide bonds. The lowest BCUT2D eigenvalue weighted by molar-refractivity contribution is -0.118. The molecule has 0 spiro atoms. The van der Waals surface area contributed by atoms with Crippen LogP contribution in [0.5, 0.6) is 17.2 Å². The molecule has 1 heterocycles. The number of hydrogen-bond acceptors (Lipinski definition) is 7. The zero-order chi connectivity index (χ0) is 23.6. The molecule has 1 atom stereocenters. The van der Waals surface area contributed by atoms with E-state index in [0.717, 1.165) is 11.3 Å². The summed E-state index contributed by atoms with van der Waals surface area (Å²) in [5.74, 6) is 2.80. The number of nitrogens with zero attached hydrogens (tertiary/aromatic N) is 3. The summed E-state index contributed by atoms with van der Waals surface area (Å²) in [6.45, 7) is 6.66. The fraction of sp³-hybridized carbons (Fsp3) is 0.292. The van der Waals surface area contributed by atoms with Gasteiger partial charge in [0, 0.05) is 13.1 Å². The number of carbonyl (C=O) groups excluding carboxylic acids is 1. The maximum absolute atomic E-state index is 12.4. The molecule has 3 rings (SSSR count). The standard InChI is InChI=1S/C24H28N4O4S/c1-5-14-28-23(17(2)32-21-9-7-6-8-20(21)31-4)26-27-24(28)33-16-22(29)25-15-18-10-12-19(30-3)13-11-18/h5-13,17H,1,14-16H2,2-4H3,(H,25,29). The predicted molar refractivity (Wildman–Crippen MR) is 128 cm³/mol. The third-order valence-electron chi connectivity index (χ3n) is 4.77. The lowest BCUT2D eigenvalue weighted by Gasteiger charge is -2.17. The Balaban J connectivity index is 1.61. The maximum Gasteiger partial charge on any atom is 0.230 e. The number of amides is 1. The molecule has 1 aromatic heterocycles. The van der Waals surface area contributed by atoms with Crippen LogP contribution in [-0.4, -0.2) is 40.6 Å². The first kappa shape index (κ1) is 24.2. The molecule has 2 aromatic carbocycles. The van der Waals surface area contributed by atoms with E-state index < -0.39 is 0 Å². The Labute approximate surface area is 198 Å². The van der Waals surface area contributed by atoms with Crippen LogP contribution in [0.4, 0.5) is 0 Å². The Hall–Kier alpha value is -3.46. The Kier molecular flexibility index (Phi) is 8.77. The average molecular weight is 469 g/mol. The summed E-state index contributed by atoms with van der Waals surface area (Å²) in [7, 11) is 3.22. The highest BCUT2D eigenvalue weighted by Gasteiger charge is 2.20. The molecule has 0 aliphatic carbocycles. The van der Waals surface area contributed by atoms with Crippen LogP contribution in [0, 0.1) is 0 Å². The molecule has 0 bridgehead atoms. The van der Waals surface area contributed by atoms with Gasteiger partial charge in [0.05, 0.1) is 20.0 Å². The number of rotatable bonds is 12. The Morgan fingerprint density at radius 2 is 1.85 bits per heavy atom. The molecule has 3 aromatic rings. The van der Waals surface area contributed by atoms with E-state index in [2.05, 4.69) is 22.1 Å². The van der Waals surface area contributed by atoms with Crippen LogP contribution < -0.4 is 19.5 Å². The van der Waals surface area contributed by atoms with Gasteiger partial charge in [-0.2, -0.15) is 0 Å². The van der Waals surface area contributed by atoms with Crippen LogP contribution >= 0.6 is 11.8 Å². The highest BCUT2D eigenvalue weighted by Crippen LogP contribution is 2.31. The highest BCUT2D eigenvalue weighted by molar-refractivity contribution is 7.99. The molecule has 1 N–H and O–H groups in total. The average Bonchev–Trinajstić information content (AvgIpc) is 3.25. The van der Waals surface area contributed by atoms with Gasteiger partial charge < -0.3 is 19.5 Å². The van der Waals surface area contributed by atoms with Crippen LogP contribution in [0.15, 0.2) is 66.3 Å². The molecule has 0 radical (unpaired) electrons. The minimum atomic E-state index is -0.382. The second-order valence-electron chi connectivity index (χ2n) is 7.06. The van der Waals surface area contributed by atoms with Crippen molar-refractivity contribution in [3.05, 3.63) is 72.6 Å². The second-order valence-corrected chi connectivity index (χ2v) is 8.01. The van der Waals surface area contributed by atoms with Crippen LogP contribution in [0.25, 0.3) is 0 Å². The number of benzene rings is 2. The van der Waals surface area contributed by atoms with Gasteiger partial charge in [0.25, 0.3) is 0 Å². The molecule has 1 unspecified atom stereocenters. The van der Waals surface area contributed by atoms with Crippen molar-refractivity contribution in [1.82, 2.24) is 20.1 Å². The summed E-state index contributed by atoms with van der Waals surface area (Å²) in [6, 6.07) is 15.0. The van der Waals surface area contributed by atoms with Gasteiger partial charge in [-0.25, -0.2) is 0 Å². The van der Waals surface area contributed by atoms with E-state index in [9.17, 15) is 4.79 Å². The van der Waals surface area contributed by atoms with E-state index in [1.807, 2.05) is 60.0 Å². The lowest BCUT2D eigenvalue weighted by Crippen LogP contribution is -2.24. The maximum atomic E-state index is 12.4. The SMILES string of the molecule is C=CCn1c(SCC(=O)NCc2ccc(OC)cc2)nnc1C(C)Oc1ccccc1OC. The predicted octanol–water partition coefficient (Wildman–Crippen LogP) is 4.03. The van der Waals surface area contributed by atoms with Crippen LogP contribution in [0.2, 0.25) is 0 Å². The fourth-order valence-electron chi connectivity index (χ4n) is 3.09. The van der Waals surface area contributed by atoms with Crippen molar-refractivity contribution in [2.24, 2.45) is 0 Å². The van der Waals surface area contributed by atoms with Crippen LogP contribution in [-0.2, 0) is 17.9 Å². The third kappa shape index (κ3) is 6.52. The quantitative estimate of drug-likeness (QED) is 0.317. The van der Waals surface area contributed by atoms with Crippen molar-refractivity contribution in [3.8, 4) is 17.2 Å². The fourth-order valence-corrected chi connectivity index (χ4v) is 3.88. The zero-order valence-electron chi connectivity index (χ0n) is 19.0. The largest absolute Gasteiger partial charge is 0.497 e. The molecule has 9 heteroatoms. The van der Waals surface area contributed by atoms with E-state index in [1.165, 1.54) is 11.8 Å². The number of para-hydroxylation sites is 2. The normalized spacial score (nSPS) is 11.5. The van der Waals surface area contributed by atoms with E-state index in [0.29, 0.717) is 35.6 Å². The Bertz CT molecular complexity index is 1070. The van der Waals surface area contributed by atoms with Crippen LogP contribution in [0.1, 0.15) is 24.4 Å². The Morgan fingerprint density at radius 1 is 1.12 bits per heavy atom. The van der Waals surface area contributed by atoms with Crippen molar-refractivity contribution >= 4 is 17.7 Å². The number of allylic oxidation sites excluding steroid dienone is 1. The molecule has 174 valence electrons. The highest BCUT2D eigenvalue weighted by atomic mass is 32.2. The Morgan fingerprint density at radius 3 is 2.52 bits per heavy atom. The number of carbonyl (C=O) groups is 1. The second kappa shape index (κ2) is 12.0. The molecule has 0 aliphatic rings. The van der Waals surface area contributed by atoms with Crippen molar-refractivity contribution in [3.63, 3.8) is 0 Å². The molecule has 8 nitrogen and oxygen atoms in total. The first-order valence-corrected chi connectivity index (χ1v) is 11.4. The molecule has 0 aliphatic heterocycles. The number of methoxy groups -OCH3 is 2. The number of ether oxygens (including phenoxy) is 3. The van der Waals surface area contributed by atoms with Gasteiger partial charge in [-0.3, -0.25) is 9.36 Å². The monoisotopic (exact) mass is 468 g/mol. The molecular formula is C24H28N4O4S. The van der Waals surface area contributed by atoms with Crippen molar-refractivity contribution < 1.29 is 19.0 Å². The zero-order valence-corrected chi connectivity index (χ0v) is 19.8. The summed E-state index contributed by atoms with van der Waals surface area (Å²) in [5.41, 5.74) is 0.994. The summed E-state index contributed by atoms with van der Waals surface area (Å²) in [6.07, 6.45) is 1.38. The summed E-state index contributed by atoms with van der Waals surface area (Å²) in [4.78, 5) is 12.4. The van der Waals surface area contributed by atoms with Crippen molar-refractivity contribution in [2.45, 2.75) is 31.3 Å². The van der Waals surface area contributed by atoms with Crippen molar-refractivity contribution in [2.75, 3.05) is 20.0 Å². The molecule has 33 heavy (non-hydrogen) atoms. The van der Waals surface area contributed by atoms with Gasteiger partial charge in [0.15, 0.2) is 28.6 Å². The van der Waals surface area contributed by atoms with Gasteiger partial charge in [0.2, 0.25) is 5.91 Å². The van der Waals surface area contributed by atoms with Gasteiger partial charge >= 0.3 is 0 Å². The van der Waals surface area contributed by atoms with Gasteiger partial charge in [-0.05, 0) is 36.8 Å². The van der Waals surface area contributed by atoms with Gasteiger partial charge in [-0.15, -0.1) is 16.8 Å². The summed E-state index contributed by atoms with van der Waals surface area (Å²) < 4.78 is 18.5. The number of thioether (sulfide) groups is 1. The van der Waals surface area contributed by atoms with Gasteiger partial charge in [0.1, 0.15) is 5.75 Å². The third-order valence-corrected chi connectivity index (χ3v) is 5.74. The number of nitrogens with one attached hydrogen (secondary N) is 1. The smallest absolute Gasteiger partial charge is 0.230 e. The van der Waals surface area contributed by atoms with E-state index in [4.69, 9.17) is 14.2 Å². The van der Waals surface area contributed by atoms with E-state index in [-0.39, 0.29) is 17.8 Å². The molecule has 0 saturated carbocycles. The van der Waals surface area contributed by atoms with Crippen LogP contribution in [0.3, 0.4) is 0 Å². The molecular weight excluding hydrogens is 440 g/mol. The van der Waals surface area contributed by atoms with Crippen molar-refractivity contribution in [1.29, 1.82) is 0 Å². The first-order chi connectivity index (χ1) is 16.0. The van der Waals surface area contributed by atoms with E-state index in [1.54, 1.807) is 20.3 Å². The minimum absolute atomic E-state index is 0.0937. The molecule has 0 fully saturated rings.